The van der Waals surface area contributed by atoms with E-state index in [2.05, 4.69) is 31.0 Å². The molecule has 1 aromatic carbocycles. The lowest BCUT2D eigenvalue weighted by atomic mass is 9.67. The molecule has 0 radical (unpaired) electrons. The fourth-order valence-electron chi connectivity index (χ4n) is 4.60. The molecule has 2 nitrogen and oxygen atoms in total. The largest absolute Gasteiger partial charge is 0.342 e. The van der Waals surface area contributed by atoms with Crippen LogP contribution in [0.3, 0.4) is 0 Å². The molecule has 2 heteroatoms. The summed E-state index contributed by atoms with van der Waals surface area (Å²) in [4.78, 5) is 8.54. The summed E-state index contributed by atoms with van der Waals surface area (Å²) in [5, 5.41) is 0. The number of imidazole rings is 1. The highest BCUT2D eigenvalue weighted by Crippen LogP contribution is 2.45. The Balaban J connectivity index is 1.61. The van der Waals surface area contributed by atoms with Gasteiger partial charge in [-0.05, 0) is 68.2 Å². The second kappa shape index (κ2) is 5.15. The van der Waals surface area contributed by atoms with Gasteiger partial charge in [0.05, 0.1) is 11.0 Å². The lowest BCUT2D eigenvalue weighted by molar-refractivity contribution is 0.153. The Labute approximate surface area is 127 Å². The zero-order valence-corrected chi connectivity index (χ0v) is 13.3. The van der Waals surface area contributed by atoms with E-state index in [1.54, 1.807) is 0 Å². The molecule has 1 heterocycles. The molecule has 1 N–H and O–H groups in total. The first kappa shape index (κ1) is 13.4. The molecule has 2 fully saturated rings. The summed E-state index contributed by atoms with van der Waals surface area (Å²) in [5.41, 5.74) is 5.07. The van der Waals surface area contributed by atoms with Crippen LogP contribution >= 0.6 is 0 Å². The first-order chi connectivity index (χ1) is 10.2. The third-order valence-corrected chi connectivity index (χ3v) is 6.04. The van der Waals surface area contributed by atoms with Crippen LogP contribution in [0.25, 0.3) is 11.0 Å². The van der Waals surface area contributed by atoms with Gasteiger partial charge in [-0.2, -0.15) is 0 Å². The molecule has 2 saturated carbocycles. The molecule has 1 aromatic heterocycles. The lowest BCUT2D eigenvalue weighted by Gasteiger charge is -2.38. The number of hydrogen-bond donors (Lipinski definition) is 1. The molecule has 0 bridgehead atoms. The number of rotatable bonds is 1. The van der Waals surface area contributed by atoms with Gasteiger partial charge in [0.1, 0.15) is 5.82 Å². The third kappa shape index (κ3) is 2.39. The van der Waals surface area contributed by atoms with E-state index in [9.17, 15) is 0 Å². The van der Waals surface area contributed by atoms with Crippen molar-refractivity contribution in [2.45, 2.75) is 64.7 Å². The third-order valence-electron chi connectivity index (χ3n) is 6.04. The maximum absolute atomic E-state index is 4.92. The van der Waals surface area contributed by atoms with Crippen molar-refractivity contribution in [2.24, 2.45) is 11.8 Å². The number of hydrogen-bond acceptors (Lipinski definition) is 1. The van der Waals surface area contributed by atoms with Crippen LogP contribution in [-0.2, 0) is 0 Å². The quantitative estimate of drug-likeness (QED) is 0.760. The van der Waals surface area contributed by atoms with Crippen molar-refractivity contribution in [1.29, 1.82) is 0 Å². The predicted octanol–water partition coefficient (Wildman–Crippen LogP) is 5.25. The molecule has 3 atom stereocenters. The highest BCUT2D eigenvalue weighted by molar-refractivity contribution is 5.77. The highest BCUT2D eigenvalue weighted by atomic mass is 14.9. The highest BCUT2D eigenvalue weighted by Gasteiger charge is 2.33. The van der Waals surface area contributed by atoms with E-state index in [1.807, 2.05) is 0 Å². The van der Waals surface area contributed by atoms with Gasteiger partial charge in [0, 0.05) is 5.92 Å². The van der Waals surface area contributed by atoms with Crippen LogP contribution in [0.15, 0.2) is 12.1 Å². The molecule has 0 spiro atoms. The van der Waals surface area contributed by atoms with Crippen LogP contribution in [0.4, 0.5) is 0 Å². The van der Waals surface area contributed by atoms with Gasteiger partial charge in [-0.25, -0.2) is 4.98 Å². The second-order valence-electron chi connectivity index (χ2n) is 7.39. The van der Waals surface area contributed by atoms with Crippen molar-refractivity contribution in [2.75, 3.05) is 0 Å². The summed E-state index contributed by atoms with van der Waals surface area (Å²) in [5.74, 6) is 3.90. The van der Waals surface area contributed by atoms with Crippen LogP contribution in [0, 0.1) is 25.7 Å². The van der Waals surface area contributed by atoms with Gasteiger partial charge in [0.2, 0.25) is 0 Å². The summed E-state index contributed by atoms with van der Waals surface area (Å²) >= 11 is 0. The molecule has 21 heavy (non-hydrogen) atoms. The number of nitrogens with zero attached hydrogens (tertiary/aromatic N) is 1. The Bertz CT molecular complexity index is 616. The summed E-state index contributed by atoms with van der Waals surface area (Å²) < 4.78 is 0. The Morgan fingerprint density at radius 2 is 1.71 bits per heavy atom. The number of aryl methyl sites for hydroxylation is 2. The van der Waals surface area contributed by atoms with E-state index in [1.165, 1.54) is 67.4 Å². The Morgan fingerprint density at radius 1 is 0.952 bits per heavy atom. The average Bonchev–Trinajstić information content (AvgIpc) is 2.90. The van der Waals surface area contributed by atoms with Crippen molar-refractivity contribution >= 4 is 11.0 Å². The van der Waals surface area contributed by atoms with Crippen molar-refractivity contribution in [3.8, 4) is 0 Å². The smallest absolute Gasteiger partial charge is 0.110 e. The van der Waals surface area contributed by atoms with Crippen LogP contribution < -0.4 is 0 Å². The molecule has 0 amide bonds. The first-order valence-electron chi connectivity index (χ1n) is 8.67. The van der Waals surface area contributed by atoms with Crippen molar-refractivity contribution in [1.82, 2.24) is 9.97 Å². The Morgan fingerprint density at radius 3 is 2.57 bits per heavy atom. The maximum Gasteiger partial charge on any atom is 0.110 e. The van der Waals surface area contributed by atoms with Crippen molar-refractivity contribution in [3.63, 3.8) is 0 Å². The number of nitrogens with one attached hydrogen (secondary N) is 1. The number of fused-ring (bicyclic) bond motifs is 2. The second-order valence-corrected chi connectivity index (χ2v) is 7.39. The first-order valence-corrected chi connectivity index (χ1v) is 8.67. The minimum Gasteiger partial charge on any atom is -0.342 e. The average molecular weight is 282 g/mol. The zero-order chi connectivity index (χ0) is 14.4. The van der Waals surface area contributed by atoms with Gasteiger partial charge in [0.15, 0.2) is 0 Å². The minimum absolute atomic E-state index is 0.664. The molecule has 2 aliphatic rings. The Hall–Kier alpha value is -1.31. The molecule has 3 unspecified atom stereocenters. The van der Waals surface area contributed by atoms with Crippen molar-refractivity contribution in [3.05, 3.63) is 29.1 Å². The molecule has 112 valence electrons. The summed E-state index contributed by atoms with van der Waals surface area (Å²) in [6.07, 6.45) is 9.97. The monoisotopic (exact) mass is 282 g/mol. The molecule has 0 aliphatic heterocycles. The number of aromatic nitrogens is 2. The number of H-pyrrole nitrogens is 1. The molecular formula is C19H26N2. The number of aromatic amines is 1. The maximum atomic E-state index is 4.92. The van der Waals surface area contributed by atoms with Crippen LogP contribution in [0.5, 0.6) is 0 Å². The fraction of sp³-hybridized carbons (Fsp3) is 0.632. The summed E-state index contributed by atoms with van der Waals surface area (Å²) in [6, 6.07) is 4.49. The van der Waals surface area contributed by atoms with E-state index in [-0.39, 0.29) is 0 Å². The van der Waals surface area contributed by atoms with E-state index in [0.717, 1.165) is 17.4 Å². The van der Waals surface area contributed by atoms with Crippen molar-refractivity contribution < 1.29 is 0 Å². The van der Waals surface area contributed by atoms with Gasteiger partial charge in [-0.1, -0.05) is 25.7 Å². The van der Waals surface area contributed by atoms with Crippen LogP contribution in [-0.4, -0.2) is 9.97 Å². The molecule has 2 aromatic rings. The fourth-order valence-corrected chi connectivity index (χ4v) is 4.60. The van der Waals surface area contributed by atoms with Crippen LogP contribution in [0.2, 0.25) is 0 Å². The predicted molar refractivity (Wildman–Crippen MR) is 87.6 cm³/mol. The molecule has 0 saturated heterocycles. The Kier molecular flexibility index (Phi) is 3.28. The molecule has 2 aliphatic carbocycles. The standard InChI is InChI=1S/C19H26N2/c1-12-9-17-18(10-13(12)2)21-19(20-17)16-8-7-14-5-3-4-6-15(14)11-16/h9-10,14-16H,3-8,11H2,1-2H3,(H,20,21). The molecule has 4 rings (SSSR count). The van der Waals surface area contributed by atoms with E-state index in [4.69, 9.17) is 4.98 Å². The number of benzene rings is 1. The van der Waals surface area contributed by atoms with E-state index in [0.29, 0.717) is 5.92 Å². The van der Waals surface area contributed by atoms with Gasteiger partial charge in [-0.3, -0.25) is 0 Å². The van der Waals surface area contributed by atoms with Gasteiger partial charge >= 0.3 is 0 Å². The SMILES string of the molecule is Cc1cc2nc(C3CCC4CCCCC4C3)[nH]c2cc1C. The summed E-state index contributed by atoms with van der Waals surface area (Å²) in [6.45, 7) is 4.36. The van der Waals surface area contributed by atoms with Crippen LogP contribution in [0.1, 0.15) is 67.8 Å². The molecular weight excluding hydrogens is 256 g/mol. The normalized spacial score (nSPS) is 29.5. The van der Waals surface area contributed by atoms with Gasteiger partial charge in [-0.15, -0.1) is 0 Å². The van der Waals surface area contributed by atoms with E-state index < -0.39 is 0 Å². The lowest BCUT2D eigenvalue weighted by Crippen LogP contribution is -2.27. The van der Waals surface area contributed by atoms with Gasteiger partial charge in [0.25, 0.3) is 0 Å². The zero-order valence-electron chi connectivity index (χ0n) is 13.3. The van der Waals surface area contributed by atoms with Gasteiger partial charge < -0.3 is 4.98 Å². The van der Waals surface area contributed by atoms with E-state index >= 15 is 0 Å². The minimum atomic E-state index is 0.664. The topological polar surface area (TPSA) is 28.7 Å². The summed E-state index contributed by atoms with van der Waals surface area (Å²) in [7, 11) is 0.